The monoisotopic (exact) mass is 1070 g/mol. The third kappa shape index (κ3) is 5.12. The first kappa shape index (κ1) is 42.6. The van der Waals surface area contributed by atoms with Crippen molar-refractivity contribution in [3.8, 4) is 10.0 Å². The SMILES string of the molecule is c1ccc2c(c1)Sc1ccccc1C21c2cc(-n3c4ccccc4c4ccc5oc6ccccc6c5c43)sc2C2(c3ccccc3Sc3ccccc32)c2cc(-n3c4ccccc4c4ccc5oc6ccccc6c5c43)sc21. The van der Waals surface area contributed by atoms with Gasteiger partial charge in [-0.3, -0.25) is 9.13 Å². The molecule has 0 bridgehead atoms. The Hall–Kier alpha value is -8.50. The average molecular weight is 1070 g/mol. The van der Waals surface area contributed by atoms with Crippen molar-refractivity contribution >= 4 is 134 Å². The molecule has 19 rings (SSSR count). The second kappa shape index (κ2) is 15.2. The standard InChI is InChI=1S/C70H38N2O2S4/c1-9-25-51-39(17-1)41-33-35-55-63(43-19-3-11-27-53(43)73-55)65(41)71(51)61-37-49-67(77-61)70(47-23-7-15-31-59(47)76-60-32-16-8-24-48(60)70)50-38-62(78-68(50)69(49)45-21-5-13-29-57(45)75-58-30-14-6-22-46(58)69)72-52-26-10-2-18-40(52)42-34-36-56-64(66(42)72)44-20-4-12-28-54(44)74-56/h1-38H. The lowest BCUT2D eigenvalue weighted by Crippen LogP contribution is -2.45. The van der Waals surface area contributed by atoms with Crippen LogP contribution in [0.1, 0.15) is 43.1 Å². The Balaban J connectivity index is 1.03. The maximum atomic E-state index is 6.71. The maximum absolute atomic E-state index is 6.71. The van der Waals surface area contributed by atoms with Crippen LogP contribution < -0.4 is 0 Å². The number of aromatic nitrogens is 2. The van der Waals surface area contributed by atoms with Gasteiger partial charge in [0, 0.05) is 61.7 Å². The van der Waals surface area contributed by atoms with Gasteiger partial charge in [-0.25, -0.2) is 0 Å². The molecular formula is C70H38N2O2S4. The Morgan fingerprint density at radius 1 is 0.295 bits per heavy atom. The highest BCUT2D eigenvalue weighted by atomic mass is 32.2. The van der Waals surface area contributed by atoms with Crippen molar-refractivity contribution in [1.29, 1.82) is 0 Å². The summed E-state index contributed by atoms with van der Waals surface area (Å²) in [6, 6.07) is 86.3. The van der Waals surface area contributed by atoms with Crippen molar-refractivity contribution in [2.24, 2.45) is 0 Å². The summed E-state index contributed by atoms with van der Waals surface area (Å²) in [5.41, 5.74) is 14.7. The smallest absolute Gasteiger partial charge is 0.137 e. The molecule has 8 heterocycles. The lowest BCUT2D eigenvalue weighted by atomic mass is 9.55. The minimum absolute atomic E-state index is 0.729. The summed E-state index contributed by atoms with van der Waals surface area (Å²) in [7, 11) is 0. The molecule has 4 nitrogen and oxygen atoms in total. The van der Waals surface area contributed by atoms with E-state index in [4.69, 9.17) is 8.83 Å². The Kier molecular flexibility index (Phi) is 8.28. The molecule has 0 radical (unpaired) electrons. The molecule has 0 fully saturated rings. The summed E-state index contributed by atoms with van der Waals surface area (Å²) in [5.74, 6) is 0. The molecule has 3 aliphatic rings. The molecule has 8 heteroatoms. The quantitative estimate of drug-likeness (QED) is 0.173. The number of thiophene rings is 2. The van der Waals surface area contributed by atoms with Crippen LogP contribution in [-0.2, 0) is 10.8 Å². The van der Waals surface area contributed by atoms with Gasteiger partial charge in [-0.15, -0.1) is 22.7 Å². The fourth-order valence-electron chi connectivity index (χ4n) is 14.4. The summed E-state index contributed by atoms with van der Waals surface area (Å²) in [6.45, 7) is 0. The van der Waals surface area contributed by atoms with E-state index in [0.717, 1.165) is 43.9 Å². The van der Waals surface area contributed by atoms with Crippen molar-refractivity contribution < 1.29 is 8.83 Å². The first-order chi connectivity index (χ1) is 38.7. The number of hydrogen-bond donors (Lipinski definition) is 0. The normalized spacial score (nSPS) is 14.8. The Morgan fingerprint density at radius 2 is 0.641 bits per heavy atom. The third-order valence-electron chi connectivity index (χ3n) is 17.3. The highest BCUT2D eigenvalue weighted by molar-refractivity contribution is 7.99. The van der Waals surface area contributed by atoms with E-state index in [1.807, 2.05) is 46.2 Å². The van der Waals surface area contributed by atoms with Crippen LogP contribution in [0.4, 0.5) is 0 Å². The van der Waals surface area contributed by atoms with Gasteiger partial charge in [0.05, 0.1) is 43.7 Å². The summed E-state index contributed by atoms with van der Waals surface area (Å²) in [4.78, 5) is 7.79. The fourth-order valence-corrected chi connectivity index (χ4v) is 19.7. The Morgan fingerprint density at radius 3 is 1.05 bits per heavy atom. The van der Waals surface area contributed by atoms with Gasteiger partial charge < -0.3 is 8.83 Å². The lowest BCUT2D eigenvalue weighted by Gasteiger charge is -2.51. The highest BCUT2D eigenvalue weighted by Gasteiger charge is 2.60. The number of hydrogen-bond acceptors (Lipinski definition) is 6. The van der Waals surface area contributed by atoms with E-state index in [-0.39, 0.29) is 0 Å². The third-order valence-corrected chi connectivity index (χ3v) is 22.1. The number of para-hydroxylation sites is 4. The van der Waals surface area contributed by atoms with Gasteiger partial charge in [0.2, 0.25) is 0 Å². The second-order valence-electron chi connectivity index (χ2n) is 20.9. The molecule has 0 amide bonds. The van der Waals surface area contributed by atoms with Gasteiger partial charge >= 0.3 is 0 Å². The number of nitrogens with zero attached hydrogens (tertiary/aromatic N) is 2. The minimum Gasteiger partial charge on any atom is -0.456 e. The first-order valence-corrected chi connectivity index (χ1v) is 29.7. The molecule has 78 heavy (non-hydrogen) atoms. The summed E-state index contributed by atoms with van der Waals surface area (Å²) >= 11 is 7.74. The Labute approximate surface area is 462 Å². The zero-order valence-corrected chi connectivity index (χ0v) is 44.5. The molecule has 2 spiro atoms. The van der Waals surface area contributed by atoms with Crippen LogP contribution in [0.25, 0.3) is 97.5 Å². The summed E-state index contributed by atoms with van der Waals surface area (Å²) in [5, 5.41) is 11.7. The van der Waals surface area contributed by atoms with E-state index in [0.29, 0.717) is 0 Å². The largest absolute Gasteiger partial charge is 0.456 e. The van der Waals surface area contributed by atoms with Gasteiger partial charge in [-0.1, -0.05) is 169 Å². The summed E-state index contributed by atoms with van der Waals surface area (Å²) in [6.07, 6.45) is 0. The zero-order chi connectivity index (χ0) is 50.6. The highest BCUT2D eigenvalue weighted by Crippen LogP contribution is 2.70. The molecule has 2 aliphatic heterocycles. The first-order valence-electron chi connectivity index (χ1n) is 26.4. The molecule has 364 valence electrons. The van der Waals surface area contributed by atoms with Crippen molar-refractivity contribution in [3.05, 3.63) is 274 Å². The van der Waals surface area contributed by atoms with E-state index in [2.05, 4.69) is 240 Å². The number of fused-ring (bicyclic) bond motifs is 28. The van der Waals surface area contributed by atoms with Crippen LogP contribution >= 0.6 is 46.2 Å². The van der Waals surface area contributed by atoms with E-state index in [1.165, 1.54) is 116 Å². The van der Waals surface area contributed by atoms with Crippen LogP contribution in [0.5, 0.6) is 0 Å². The van der Waals surface area contributed by atoms with Crippen molar-refractivity contribution in [2.75, 3.05) is 0 Å². The van der Waals surface area contributed by atoms with Gasteiger partial charge in [0.1, 0.15) is 32.3 Å². The lowest BCUT2D eigenvalue weighted by molar-refractivity contribution is 0.609. The molecule has 1 aliphatic carbocycles. The minimum atomic E-state index is -0.729. The molecule has 0 unspecified atom stereocenters. The van der Waals surface area contributed by atoms with Gasteiger partial charge in [-0.05, 0) is 118 Å². The zero-order valence-electron chi connectivity index (χ0n) is 41.3. The van der Waals surface area contributed by atoms with Crippen molar-refractivity contribution in [1.82, 2.24) is 9.13 Å². The van der Waals surface area contributed by atoms with E-state index < -0.39 is 10.8 Å². The van der Waals surface area contributed by atoms with Crippen LogP contribution in [0.3, 0.4) is 0 Å². The van der Waals surface area contributed by atoms with Crippen LogP contribution in [0, 0.1) is 0 Å². The van der Waals surface area contributed by atoms with E-state index >= 15 is 0 Å². The topological polar surface area (TPSA) is 36.1 Å². The predicted molar refractivity (Wildman–Crippen MR) is 324 cm³/mol. The second-order valence-corrected chi connectivity index (χ2v) is 25.1. The van der Waals surface area contributed by atoms with Crippen LogP contribution in [0.15, 0.2) is 259 Å². The fraction of sp³-hybridized carbons (Fsp3) is 0.0286. The number of benzene rings is 10. The van der Waals surface area contributed by atoms with Crippen LogP contribution in [-0.4, -0.2) is 9.13 Å². The molecule has 0 N–H and O–H groups in total. The van der Waals surface area contributed by atoms with Crippen molar-refractivity contribution in [2.45, 2.75) is 30.4 Å². The molecule has 0 saturated carbocycles. The molecule has 0 atom stereocenters. The van der Waals surface area contributed by atoms with Crippen molar-refractivity contribution in [3.63, 3.8) is 0 Å². The summed E-state index contributed by atoms with van der Waals surface area (Å²) < 4.78 is 18.6. The predicted octanol–water partition coefficient (Wildman–Crippen LogP) is 19.8. The van der Waals surface area contributed by atoms with Gasteiger partial charge in [0.15, 0.2) is 0 Å². The molecular weight excluding hydrogens is 1030 g/mol. The van der Waals surface area contributed by atoms with Gasteiger partial charge in [0.25, 0.3) is 0 Å². The van der Waals surface area contributed by atoms with Crippen LogP contribution in [0.2, 0.25) is 0 Å². The number of furan rings is 2. The molecule has 10 aromatic carbocycles. The van der Waals surface area contributed by atoms with Gasteiger partial charge in [-0.2, -0.15) is 0 Å². The Bertz CT molecular complexity index is 4860. The maximum Gasteiger partial charge on any atom is 0.137 e. The molecule has 16 aromatic rings. The van der Waals surface area contributed by atoms with E-state index in [9.17, 15) is 0 Å². The number of rotatable bonds is 2. The average Bonchev–Trinajstić information content (AvgIpc) is 3.48. The molecule has 0 saturated heterocycles. The molecule has 6 aromatic heterocycles. The van der Waals surface area contributed by atoms with E-state index in [1.54, 1.807) is 0 Å².